The van der Waals surface area contributed by atoms with Crippen molar-refractivity contribution in [2.75, 3.05) is 0 Å². The molecule has 0 radical (unpaired) electrons. The van der Waals surface area contributed by atoms with Crippen LogP contribution in [0, 0.1) is 34.6 Å². The standard InChI is InChI=1S/C13H19N/c1-7-8(2)10(4)13(12(6)14)11(5)9(7)3/h6,14H2,1-5H3. The van der Waals surface area contributed by atoms with Crippen LogP contribution in [-0.4, -0.2) is 0 Å². The topological polar surface area (TPSA) is 26.0 Å². The van der Waals surface area contributed by atoms with Crippen molar-refractivity contribution in [2.24, 2.45) is 5.73 Å². The Kier molecular flexibility index (Phi) is 2.70. The lowest BCUT2D eigenvalue weighted by Gasteiger charge is -2.18. The molecule has 1 heteroatoms. The van der Waals surface area contributed by atoms with Gasteiger partial charge in [0.2, 0.25) is 0 Å². The highest BCUT2D eigenvalue weighted by molar-refractivity contribution is 5.70. The van der Waals surface area contributed by atoms with Crippen molar-refractivity contribution in [3.05, 3.63) is 40.0 Å². The van der Waals surface area contributed by atoms with Crippen molar-refractivity contribution in [1.29, 1.82) is 0 Å². The van der Waals surface area contributed by atoms with E-state index < -0.39 is 0 Å². The molecule has 0 aliphatic rings. The van der Waals surface area contributed by atoms with Gasteiger partial charge in [-0.15, -0.1) is 0 Å². The molecule has 0 aliphatic carbocycles. The zero-order valence-corrected chi connectivity index (χ0v) is 9.78. The summed E-state index contributed by atoms with van der Waals surface area (Å²) in [5.41, 5.74) is 14.2. The van der Waals surface area contributed by atoms with Crippen LogP contribution < -0.4 is 5.73 Å². The molecule has 0 saturated heterocycles. The maximum atomic E-state index is 5.81. The molecule has 1 nitrogen and oxygen atoms in total. The van der Waals surface area contributed by atoms with Gasteiger partial charge in [0, 0.05) is 11.3 Å². The molecule has 76 valence electrons. The molecule has 1 aromatic rings. The van der Waals surface area contributed by atoms with Gasteiger partial charge in [-0.2, -0.15) is 0 Å². The third kappa shape index (κ3) is 1.43. The maximum absolute atomic E-state index is 5.81. The molecule has 0 aliphatic heterocycles. The first-order valence-electron chi connectivity index (χ1n) is 4.89. The van der Waals surface area contributed by atoms with Crippen molar-refractivity contribution in [1.82, 2.24) is 0 Å². The Morgan fingerprint density at radius 3 is 1.36 bits per heavy atom. The number of benzene rings is 1. The molecular weight excluding hydrogens is 170 g/mol. The Labute approximate surface area is 86.6 Å². The van der Waals surface area contributed by atoms with Crippen LogP contribution in [0.4, 0.5) is 0 Å². The Hall–Kier alpha value is -1.24. The minimum Gasteiger partial charge on any atom is -0.399 e. The Bertz CT molecular complexity index is 371. The van der Waals surface area contributed by atoms with Gasteiger partial charge in [-0.25, -0.2) is 0 Å². The van der Waals surface area contributed by atoms with E-state index in [9.17, 15) is 0 Å². The summed E-state index contributed by atoms with van der Waals surface area (Å²) in [6, 6.07) is 0. The molecule has 0 heterocycles. The second-order valence-corrected chi connectivity index (χ2v) is 4.03. The summed E-state index contributed by atoms with van der Waals surface area (Å²) >= 11 is 0. The van der Waals surface area contributed by atoms with E-state index >= 15 is 0 Å². The first-order valence-corrected chi connectivity index (χ1v) is 4.89. The molecule has 0 atom stereocenters. The first kappa shape index (κ1) is 10.8. The average Bonchev–Trinajstić information content (AvgIpc) is 2.11. The van der Waals surface area contributed by atoms with Crippen LogP contribution >= 0.6 is 0 Å². The Morgan fingerprint density at radius 1 is 0.786 bits per heavy atom. The highest BCUT2D eigenvalue weighted by Gasteiger charge is 2.12. The van der Waals surface area contributed by atoms with Crippen LogP contribution in [0.15, 0.2) is 6.58 Å². The minimum atomic E-state index is 0.672. The van der Waals surface area contributed by atoms with Gasteiger partial charge in [-0.3, -0.25) is 0 Å². The van der Waals surface area contributed by atoms with E-state index in [1.54, 1.807) is 0 Å². The minimum absolute atomic E-state index is 0.672. The lowest BCUT2D eigenvalue weighted by Crippen LogP contribution is -2.05. The quantitative estimate of drug-likeness (QED) is 0.721. The molecule has 0 aromatic heterocycles. The molecule has 0 fully saturated rings. The number of nitrogens with two attached hydrogens (primary N) is 1. The smallest absolute Gasteiger partial charge is 0.0320 e. The van der Waals surface area contributed by atoms with E-state index in [4.69, 9.17) is 5.73 Å². The summed E-state index contributed by atoms with van der Waals surface area (Å²) < 4.78 is 0. The predicted octanol–water partition coefficient (Wildman–Crippen LogP) is 3.16. The number of rotatable bonds is 1. The van der Waals surface area contributed by atoms with Gasteiger partial charge in [-0.05, 0) is 62.4 Å². The monoisotopic (exact) mass is 189 g/mol. The van der Waals surface area contributed by atoms with E-state index in [1.165, 1.54) is 27.8 Å². The van der Waals surface area contributed by atoms with Gasteiger partial charge in [0.1, 0.15) is 0 Å². The van der Waals surface area contributed by atoms with Gasteiger partial charge < -0.3 is 5.73 Å². The highest BCUT2D eigenvalue weighted by Crippen LogP contribution is 2.28. The van der Waals surface area contributed by atoms with Crippen molar-refractivity contribution in [2.45, 2.75) is 34.6 Å². The van der Waals surface area contributed by atoms with Crippen LogP contribution in [-0.2, 0) is 0 Å². The van der Waals surface area contributed by atoms with E-state index in [1.807, 2.05) is 0 Å². The van der Waals surface area contributed by atoms with Crippen molar-refractivity contribution in [3.63, 3.8) is 0 Å². The molecule has 1 aromatic carbocycles. The molecule has 0 unspecified atom stereocenters. The summed E-state index contributed by atoms with van der Waals surface area (Å²) in [4.78, 5) is 0. The van der Waals surface area contributed by atoms with E-state index in [0.29, 0.717) is 5.70 Å². The van der Waals surface area contributed by atoms with E-state index in [-0.39, 0.29) is 0 Å². The van der Waals surface area contributed by atoms with Gasteiger partial charge >= 0.3 is 0 Å². The second kappa shape index (κ2) is 3.49. The Balaban J connectivity index is 3.68. The van der Waals surface area contributed by atoms with Crippen LogP contribution in [0.3, 0.4) is 0 Å². The SMILES string of the molecule is C=C(N)c1c(C)c(C)c(C)c(C)c1C. The second-order valence-electron chi connectivity index (χ2n) is 4.03. The van der Waals surface area contributed by atoms with Crippen molar-refractivity contribution >= 4 is 5.70 Å². The molecular formula is C13H19N. The summed E-state index contributed by atoms with van der Waals surface area (Å²) in [5.74, 6) is 0. The highest BCUT2D eigenvalue weighted by atomic mass is 14.6. The zero-order chi connectivity index (χ0) is 11.0. The lowest BCUT2D eigenvalue weighted by molar-refractivity contribution is 1.15. The fourth-order valence-corrected chi connectivity index (χ4v) is 1.98. The third-order valence-electron chi connectivity index (χ3n) is 3.32. The van der Waals surface area contributed by atoms with E-state index in [2.05, 4.69) is 41.2 Å². The first-order chi connectivity index (χ1) is 6.37. The van der Waals surface area contributed by atoms with Gasteiger partial charge in [0.15, 0.2) is 0 Å². The third-order valence-corrected chi connectivity index (χ3v) is 3.32. The van der Waals surface area contributed by atoms with Crippen molar-refractivity contribution < 1.29 is 0 Å². The number of hydrogen-bond donors (Lipinski definition) is 1. The summed E-state index contributed by atoms with van der Waals surface area (Å²) in [5, 5.41) is 0. The zero-order valence-electron chi connectivity index (χ0n) is 9.78. The Morgan fingerprint density at radius 2 is 1.07 bits per heavy atom. The fraction of sp³-hybridized carbons (Fsp3) is 0.385. The van der Waals surface area contributed by atoms with Crippen LogP contribution in [0.2, 0.25) is 0 Å². The van der Waals surface area contributed by atoms with Crippen LogP contribution in [0.5, 0.6) is 0 Å². The normalized spacial score (nSPS) is 10.4. The number of hydrogen-bond acceptors (Lipinski definition) is 1. The lowest BCUT2D eigenvalue weighted by atomic mass is 9.88. The average molecular weight is 189 g/mol. The van der Waals surface area contributed by atoms with Crippen LogP contribution in [0.25, 0.3) is 5.70 Å². The van der Waals surface area contributed by atoms with Gasteiger partial charge in [-0.1, -0.05) is 6.58 Å². The molecule has 0 bridgehead atoms. The van der Waals surface area contributed by atoms with Crippen molar-refractivity contribution in [3.8, 4) is 0 Å². The van der Waals surface area contributed by atoms with Gasteiger partial charge in [0.25, 0.3) is 0 Å². The molecule has 0 spiro atoms. The molecule has 2 N–H and O–H groups in total. The summed E-state index contributed by atoms with van der Waals surface area (Å²) in [7, 11) is 0. The molecule has 0 amide bonds. The molecule has 1 rings (SSSR count). The maximum Gasteiger partial charge on any atom is 0.0320 e. The molecule has 0 saturated carbocycles. The van der Waals surface area contributed by atoms with Gasteiger partial charge in [0.05, 0.1) is 0 Å². The summed E-state index contributed by atoms with van der Waals surface area (Å²) in [6.07, 6.45) is 0. The van der Waals surface area contributed by atoms with Crippen LogP contribution in [0.1, 0.15) is 33.4 Å². The largest absolute Gasteiger partial charge is 0.399 e. The predicted molar refractivity (Wildman–Crippen MR) is 63.3 cm³/mol. The molecule has 14 heavy (non-hydrogen) atoms. The van der Waals surface area contributed by atoms with E-state index in [0.717, 1.165) is 5.56 Å². The summed E-state index contributed by atoms with van der Waals surface area (Å²) in [6.45, 7) is 14.5. The fourth-order valence-electron chi connectivity index (χ4n) is 1.98.